The predicted molar refractivity (Wildman–Crippen MR) is 50.2 cm³/mol. The molecule has 1 unspecified atom stereocenters. The van der Waals surface area contributed by atoms with E-state index in [9.17, 15) is 23.4 Å². The Kier molecular flexibility index (Phi) is 2.81. The van der Waals surface area contributed by atoms with Gasteiger partial charge in [-0.3, -0.25) is 9.35 Å². The third kappa shape index (κ3) is 2.22. The van der Waals surface area contributed by atoms with E-state index in [4.69, 9.17) is 15.4 Å². The van der Waals surface area contributed by atoms with Gasteiger partial charge in [-0.2, -0.15) is 8.42 Å². The van der Waals surface area contributed by atoms with Gasteiger partial charge in [-0.1, -0.05) is 0 Å². The topological polar surface area (TPSA) is 158 Å². The fourth-order valence-corrected chi connectivity index (χ4v) is 2.21. The molecule has 9 heteroatoms. The zero-order chi connectivity index (χ0) is 12.7. The quantitative estimate of drug-likeness (QED) is 0.278. The number of nitrogens with two attached hydrogens (primary N) is 1. The molecule has 90 valence electrons. The number of aliphatic hydroxyl groups is 2. The smallest absolute Gasteiger partial charge is 0.317 e. The van der Waals surface area contributed by atoms with Crippen LogP contribution >= 0.6 is 0 Å². The van der Waals surface area contributed by atoms with E-state index in [0.29, 0.717) is 12.2 Å². The van der Waals surface area contributed by atoms with E-state index < -0.39 is 32.7 Å². The Morgan fingerprint density at radius 1 is 1.44 bits per heavy atom. The normalized spacial score (nSPS) is 24.6. The van der Waals surface area contributed by atoms with E-state index in [-0.39, 0.29) is 5.70 Å². The summed E-state index contributed by atoms with van der Waals surface area (Å²) in [7, 11) is -4.88. The van der Waals surface area contributed by atoms with E-state index in [1.165, 1.54) is 0 Å². The molecule has 0 aromatic rings. The van der Waals surface area contributed by atoms with Crippen LogP contribution in [-0.4, -0.2) is 40.0 Å². The minimum absolute atomic E-state index is 0.380. The third-order valence-corrected chi connectivity index (χ3v) is 2.89. The second-order valence-corrected chi connectivity index (χ2v) is 4.64. The average molecular weight is 251 g/mol. The van der Waals surface area contributed by atoms with Crippen molar-refractivity contribution in [3.63, 3.8) is 0 Å². The molecule has 0 aromatic heterocycles. The first-order valence-corrected chi connectivity index (χ1v) is 5.34. The molecular formula is C7H9NO7S. The second kappa shape index (κ2) is 3.56. The van der Waals surface area contributed by atoms with Crippen LogP contribution < -0.4 is 5.73 Å². The summed E-state index contributed by atoms with van der Waals surface area (Å²) in [4.78, 5) is 9.65. The highest BCUT2D eigenvalue weighted by Gasteiger charge is 2.47. The van der Waals surface area contributed by atoms with Crippen molar-refractivity contribution in [3.8, 4) is 0 Å². The molecule has 1 aliphatic carbocycles. The lowest BCUT2D eigenvalue weighted by Gasteiger charge is -2.29. The van der Waals surface area contributed by atoms with Crippen molar-refractivity contribution in [1.82, 2.24) is 0 Å². The molecular weight excluding hydrogens is 242 g/mol. The van der Waals surface area contributed by atoms with Gasteiger partial charge in [-0.15, -0.1) is 0 Å². The number of aliphatic carboxylic acids is 1. The van der Waals surface area contributed by atoms with Gasteiger partial charge in [0, 0.05) is 5.70 Å². The Morgan fingerprint density at radius 3 is 2.31 bits per heavy atom. The van der Waals surface area contributed by atoms with Crippen molar-refractivity contribution in [1.29, 1.82) is 0 Å². The Bertz CT molecular complexity index is 487. The number of hydrogen-bond donors (Lipinski definition) is 5. The van der Waals surface area contributed by atoms with Crippen LogP contribution in [0.25, 0.3) is 0 Å². The summed E-state index contributed by atoms with van der Waals surface area (Å²) in [5, 5.41) is 27.3. The first-order valence-electron chi connectivity index (χ1n) is 3.90. The SMILES string of the molecule is NC1=CC(O)(O)C(C(=O)O)C(S(=O)(=O)O)=C1. The molecule has 1 rings (SSSR count). The van der Waals surface area contributed by atoms with Gasteiger partial charge in [0.1, 0.15) is 0 Å². The molecule has 0 aliphatic heterocycles. The average Bonchev–Trinajstić information content (AvgIpc) is 1.97. The number of hydrogen-bond acceptors (Lipinski definition) is 6. The summed E-state index contributed by atoms with van der Waals surface area (Å²) in [5.74, 6) is -7.03. The Labute approximate surface area is 90.1 Å². The minimum atomic E-state index is -4.88. The maximum atomic E-state index is 10.9. The highest BCUT2D eigenvalue weighted by Crippen LogP contribution is 2.32. The third-order valence-electron chi connectivity index (χ3n) is 1.94. The summed E-state index contributed by atoms with van der Waals surface area (Å²) < 4.78 is 30.5. The van der Waals surface area contributed by atoms with Gasteiger partial charge in [0.2, 0.25) is 5.79 Å². The fourth-order valence-electron chi connectivity index (χ4n) is 1.35. The van der Waals surface area contributed by atoms with Crippen molar-refractivity contribution in [3.05, 3.63) is 22.8 Å². The molecule has 0 bridgehead atoms. The van der Waals surface area contributed by atoms with Crippen molar-refractivity contribution in [2.24, 2.45) is 11.7 Å². The van der Waals surface area contributed by atoms with Gasteiger partial charge in [-0.25, -0.2) is 0 Å². The van der Waals surface area contributed by atoms with Crippen molar-refractivity contribution < 1.29 is 33.1 Å². The molecule has 0 spiro atoms. The molecule has 0 heterocycles. The summed E-state index contributed by atoms with van der Waals surface area (Å²) in [6.07, 6.45) is 1.22. The molecule has 8 nitrogen and oxygen atoms in total. The Balaban J connectivity index is 3.44. The van der Waals surface area contributed by atoms with Gasteiger partial charge in [0.05, 0.1) is 4.91 Å². The van der Waals surface area contributed by atoms with Crippen LogP contribution in [0.15, 0.2) is 22.8 Å². The lowest BCUT2D eigenvalue weighted by Crippen LogP contribution is -2.45. The van der Waals surface area contributed by atoms with Crippen LogP contribution in [0.1, 0.15) is 0 Å². The van der Waals surface area contributed by atoms with Crippen LogP contribution in [0.2, 0.25) is 0 Å². The standard InChI is InChI=1S/C7H9NO7S/c8-3-1-4(16(13,14)15)5(6(9)10)7(11,12)2-3/h1-2,5,11-12H,8H2,(H,9,10)(H,13,14,15). The Morgan fingerprint density at radius 2 is 1.94 bits per heavy atom. The van der Waals surface area contributed by atoms with E-state index in [2.05, 4.69) is 0 Å². The van der Waals surface area contributed by atoms with Gasteiger partial charge in [0.25, 0.3) is 10.1 Å². The van der Waals surface area contributed by atoms with E-state index in [0.717, 1.165) is 0 Å². The first-order chi connectivity index (χ1) is 7.05. The number of carboxylic acids is 1. The van der Waals surface area contributed by atoms with Crippen LogP contribution in [0.3, 0.4) is 0 Å². The monoisotopic (exact) mass is 251 g/mol. The number of carbonyl (C=O) groups is 1. The van der Waals surface area contributed by atoms with E-state index in [1.54, 1.807) is 0 Å². The highest BCUT2D eigenvalue weighted by molar-refractivity contribution is 7.89. The van der Waals surface area contributed by atoms with Crippen molar-refractivity contribution in [2.75, 3.05) is 0 Å². The molecule has 1 atom stereocenters. The molecule has 0 saturated carbocycles. The zero-order valence-electron chi connectivity index (χ0n) is 7.73. The molecule has 6 N–H and O–H groups in total. The molecule has 0 radical (unpaired) electrons. The van der Waals surface area contributed by atoms with E-state index in [1.807, 2.05) is 0 Å². The fraction of sp³-hybridized carbons (Fsp3) is 0.286. The molecule has 0 saturated heterocycles. The van der Waals surface area contributed by atoms with Gasteiger partial charge in [-0.05, 0) is 12.2 Å². The van der Waals surface area contributed by atoms with Crippen LogP contribution in [-0.2, 0) is 14.9 Å². The highest BCUT2D eigenvalue weighted by atomic mass is 32.2. The number of rotatable bonds is 2. The largest absolute Gasteiger partial charge is 0.481 e. The molecule has 16 heavy (non-hydrogen) atoms. The first kappa shape index (κ1) is 12.6. The van der Waals surface area contributed by atoms with Gasteiger partial charge < -0.3 is 21.1 Å². The van der Waals surface area contributed by atoms with Crippen molar-refractivity contribution in [2.45, 2.75) is 5.79 Å². The Hall–Kier alpha value is -1.42. The molecule has 0 fully saturated rings. The predicted octanol–water partition coefficient (Wildman–Crippen LogP) is -2.00. The minimum Gasteiger partial charge on any atom is -0.481 e. The van der Waals surface area contributed by atoms with Crippen LogP contribution in [0, 0.1) is 5.92 Å². The summed E-state index contributed by atoms with van der Waals surface area (Å²) in [6, 6.07) is 0. The van der Waals surface area contributed by atoms with Crippen LogP contribution in [0.5, 0.6) is 0 Å². The second-order valence-electron chi connectivity index (χ2n) is 3.22. The lowest BCUT2D eigenvalue weighted by atomic mass is 9.92. The molecule has 0 amide bonds. The van der Waals surface area contributed by atoms with Gasteiger partial charge in [0.15, 0.2) is 5.92 Å². The maximum absolute atomic E-state index is 10.9. The van der Waals surface area contributed by atoms with Crippen molar-refractivity contribution >= 4 is 16.1 Å². The van der Waals surface area contributed by atoms with E-state index >= 15 is 0 Å². The molecule has 1 aliphatic rings. The summed E-state index contributed by atoms with van der Waals surface area (Å²) in [6.45, 7) is 0. The lowest BCUT2D eigenvalue weighted by molar-refractivity contribution is -0.177. The summed E-state index contributed by atoms with van der Waals surface area (Å²) in [5.41, 5.74) is 4.78. The number of allylic oxidation sites excluding steroid dienone is 1. The summed E-state index contributed by atoms with van der Waals surface area (Å²) >= 11 is 0. The number of carboxylic acid groups (broad SMARTS) is 1. The zero-order valence-corrected chi connectivity index (χ0v) is 8.55. The molecule has 0 aromatic carbocycles. The van der Waals surface area contributed by atoms with Gasteiger partial charge >= 0.3 is 5.97 Å². The maximum Gasteiger partial charge on any atom is 0.317 e. The van der Waals surface area contributed by atoms with Crippen LogP contribution in [0.4, 0.5) is 0 Å².